The molecule has 0 radical (unpaired) electrons. The number of piperidine rings is 1. The number of carbonyl (C=O) groups excluding carboxylic acids is 3. The zero-order valence-corrected chi connectivity index (χ0v) is 17.7. The Bertz CT molecular complexity index is 800. The van der Waals surface area contributed by atoms with Gasteiger partial charge in [0.15, 0.2) is 0 Å². The van der Waals surface area contributed by atoms with Gasteiger partial charge in [-0.1, -0.05) is 11.6 Å². The van der Waals surface area contributed by atoms with Crippen LogP contribution in [0.25, 0.3) is 0 Å². The lowest BCUT2D eigenvalue weighted by Gasteiger charge is -2.37. The summed E-state index contributed by atoms with van der Waals surface area (Å²) in [6.45, 7) is 6.08. The van der Waals surface area contributed by atoms with Gasteiger partial charge in [0.25, 0.3) is 5.91 Å². The maximum atomic E-state index is 13.1. The minimum absolute atomic E-state index is 0.314. The minimum Gasteiger partial charge on any atom is -0.444 e. The second-order valence-corrected chi connectivity index (χ2v) is 8.98. The average Bonchev–Trinajstić information content (AvgIpc) is 2.80. The monoisotopic (exact) mass is 457 g/mol. The van der Waals surface area contributed by atoms with Gasteiger partial charge in [-0.15, -0.1) is 0 Å². The minimum atomic E-state index is -0.998. The molecule has 0 aromatic heterocycles. The quantitative estimate of drug-likeness (QED) is 0.647. The van der Waals surface area contributed by atoms with Gasteiger partial charge in [-0.25, -0.2) is 14.5 Å². The highest BCUT2D eigenvalue weighted by Gasteiger charge is 2.53. The molecule has 27 heavy (non-hydrogen) atoms. The van der Waals surface area contributed by atoms with Gasteiger partial charge in [-0.05, 0) is 67.7 Å². The van der Waals surface area contributed by atoms with Crippen LogP contribution in [0.4, 0.5) is 15.3 Å². The first-order chi connectivity index (χ1) is 12.5. The molecule has 2 heterocycles. The first-order valence-corrected chi connectivity index (χ1v) is 9.79. The van der Waals surface area contributed by atoms with Crippen molar-refractivity contribution in [3.63, 3.8) is 0 Å². The highest BCUT2D eigenvalue weighted by Crippen LogP contribution is 2.35. The fourth-order valence-electron chi connectivity index (χ4n) is 3.22. The van der Waals surface area contributed by atoms with Crippen LogP contribution in [0.1, 0.15) is 33.6 Å². The third-order valence-corrected chi connectivity index (χ3v) is 5.81. The van der Waals surface area contributed by atoms with Gasteiger partial charge in [0.05, 0.1) is 10.7 Å². The number of benzene rings is 1. The number of urea groups is 1. The summed E-state index contributed by atoms with van der Waals surface area (Å²) in [7, 11) is 0. The van der Waals surface area contributed by atoms with Gasteiger partial charge in [-0.3, -0.25) is 4.79 Å². The third kappa shape index (κ3) is 3.91. The molecule has 2 aliphatic heterocycles. The first-order valence-electron chi connectivity index (χ1n) is 8.62. The van der Waals surface area contributed by atoms with Crippen LogP contribution >= 0.6 is 27.5 Å². The number of carbonyl (C=O) groups is 3. The molecule has 2 saturated heterocycles. The summed E-state index contributed by atoms with van der Waals surface area (Å²) in [5.41, 5.74) is -1.13. The molecule has 3 rings (SSSR count). The van der Waals surface area contributed by atoms with E-state index in [1.807, 2.05) is 0 Å². The molecule has 146 valence electrons. The summed E-state index contributed by atoms with van der Waals surface area (Å²) >= 11 is 9.30. The van der Waals surface area contributed by atoms with Crippen LogP contribution in [0, 0.1) is 0 Å². The zero-order chi connectivity index (χ0) is 20.0. The molecular weight excluding hydrogens is 438 g/mol. The van der Waals surface area contributed by atoms with Crippen molar-refractivity contribution in [2.45, 2.75) is 44.8 Å². The number of ether oxygens (including phenoxy) is 1. The molecule has 7 nitrogen and oxygen atoms in total. The second kappa shape index (κ2) is 6.98. The molecule has 1 N–H and O–H groups in total. The molecular formula is C18H21BrClN3O4. The highest BCUT2D eigenvalue weighted by atomic mass is 79.9. The number of hydrogen-bond acceptors (Lipinski definition) is 4. The predicted molar refractivity (Wildman–Crippen MR) is 105 cm³/mol. The second-order valence-electron chi connectivity index (χ2n) is 7.72. The number of rotatable bonds is 1. The van der Waals surface area contributed by atoms with Crippen molar-refractivity contribution in [2.75, 3.05) is 18.0 Å². The van der Waals surface area contributed by atoms with E-state index >= 15 is 0 Å². The molecule has 2 aliphatic rings. The topological polar surface area (TPSA) is 79.0 Å². The number of nitrogens with zero attached hydrogens (tertiary/aromatic N) is 2. The largest absolute Gasteiger partial charge is 0.444 e. The molecule has 1 spiro atoms. The number of anilines is 1. The lowest BCUT2D eigenvalue weighted by molar-refractivity contribution is -0.123. The molecule has 9 heteroatoms. The molecule has 0 atom stereocenters. The summed E-state index contributed by atoms with van der Waals surface area (Å²) in [5.74, 6) is -0.314. The van der Waals surface area contributed by atoms with Crippen molar-refractivity contribution in [3.8, 4) is 0 Å². The van der Waals surface area contributed by atoms with Gasteiger partial charge in [0.1, 0.15) is 11.1 Å². The molecule has 1 aromatic rings. The van der Waals surface area contributed by atoms with Crippen molar-refractivity contribution >= 4 is 51.2 Å². The number of halogens is 2. The van der Waals surface area contributed by atoms with E-state index in [4.69, 9.17) is 16.3 Å². The molecule has 0 aliphatic carbocycles. The van der Waals surface area contributed by atoms with Crippen molar-refractivity contribution in [1.82, 2.24) is 10.2 Å². The van der Waals surface area contributed by atoms with Crippen LogP contribution in [-0.4, -0.2) is 47.2 Å². The summed E-state index contributed by atoms with van der Waals surface area (Å²) in [6.07, 6.45) is 0.261. The lowest BCUT2D eigenvalue weighted by atomic mass is 9.87. The molecule has 0 bridgehead atoms. The van der Waals surface area contributed by atoms with Gasteiger partial charge in [0.2, 0.25) is 0 Å². The first kappa shape index (κ1) is 19.9. The van der Waals surface area contributed by atoms with Crippen LogP contribution < -0.4 is 10.2 Å². The van der Waals surface area contributed by atoms with Crippen molar-refractivity contribution in [2.24, 2.45) is 0 Å². The van der Waals surface area contributed by atoms with Gasteiger partial charge in [-0.2, -0.15) is 0 Å². The Labute approximate surface area is 171 Å². The Morgan fingerprint density at radius 2 is 1.89 bits per heavy atom. The number of hydrogen-bond donors (Lipinski definition) is 1. The third-order valence-electron chi connectivity index (χ3n) is 4.59. The molecule has 4 amide bonds. The number of likely N-dealkylation sites (tertiary alicyclic amines) is 1. The molecule has 0 unspecified atom stereocenters. The van der Waals surface area contributed by atoms with E-state index in [1.54, 1.807) is 43.9 Å². The van der Waals surface area contributed by atoms with Gasteiger partial charge >= 0.3 is 12.1 Å². The molecule has 2 fully saturated rings. The predicted octanol–water partition coefficient (Wildman–Crippen LogP) is 3.93. The molecule has 0 saturated carbocycles. The Balaban J connectivity index is 1.74. The average molecular weight is 459 g/mol. The Kier molecular flexibility index (Phi) is 5.16. The smallest absolute Gasteiger partial charge is 0.410 e. The lowest BCUT2D eigenvalue weighted by Crippen LogP contribution is -2.56. The van der Waals surface area contributed by atoms with Crippen molar-refractivity contribution in [1.29, 1.82) is 0 Å². The van der Waals surface area contributed by atoms with E-state index in [-0.39, 0.29) is 5.91 Å². The van der Waals surface area contributed by atoms with Crippen LogP contribution in [0.15, 0.2) is 22.7 Å². The van der Waals surface area contributed by atoms with E-state index in [0.717, 1.165) is 4.90 Å². The Morgan fingerprint density at radius 3 is 2.44 bits per heavy atom. The number of nitrogens with one attached hydrogen (secondary N) is 1. The summed E-state index contributed by atoms with van der Waals surface area (Å²) in [6, 6.07) is 4.41. The van der Waals surface area contributed by atoms with Crippen LogP contribution in [0.5, 0.6) is 0 Å². The zero-order valence-electron chi connectivity index (χ0n) is 15.3. The van der Waals surface area contributed by atoms with Crippen LogP contribution in [0.2, 0.25) is 5.02 Å². The van der Waals surface area contributed by atoms with Gasteiger partial charge < -0.3 is 15.0 Å². The van der Waals surface area contributed by atoms with E-state index < -0.39 is 23.3 Å². The Hall–Kier alpha value is -1.80. The summed E-state index contributed by atoms with van der Waals surface area (Å²) in [4.78, 5) is 40.5. The summed E-state index contributed by atoms with van der Waals surface area (Å²) in [5, 5.41) is 3.31. The fourth-order valence-corrected chi connectivity index (χ4v) is 3.70. The van der Waals surface area contributed by atoms with Crippen LogP contribution in [0.3, 0.4) is 0 Å². The van der Waals surface area contributed by atoms with Crippen molar-refractivity contribution in [3.05, 3.63) is 27.7 Å². The summed E-state index contributed by atoms with van der Waals surface area (Å²) < 4.78 is 5.98. The van der Waals surface area contributed by atoms with Gasteiger partial charge in [0, 0.05) is 17.6 Å². The van der Waals surface area contributed by atoms with E-state index in [2.05, 4.69) is 21.2 Å². The maximum absolute atomic E-state index is 13.1. The number of imide groups is 1. The van der Waals surface area contributed by atoms with Crippen LogP contribution in [-0.2, 0) is 9.53 Å². The van der Waals surface area contributed by atoms with E-state index in [9.17, 15) is 14.4 Å². The highest BCUT2D eigenvalue weighted by molar-refractivity contribution is 9.10. The fraction of sp³-hybridized carbons (Fsp3) is 0.500. The SMILES string of the molecule is CC(C)(C)OC(=O)N1CCC2(CC1)NC(=O)N(c1ccc(Cl)c(Br)c1)C2=O. The van der Waals surface area contributed by atoms with E-state index in [0.29, 0.717) is 41.1 Å². The van der Waals surface area contributed by atoms with Crippen molar-refractivity contribution < 1.29 is 19.1 Å². The normalized spacial score (nSPS) is 19.4. The van der Waals surface area contributed by atoms with E-state index in [1.165, 1.54) is 0 Å². The Morgan fingerprint density at radius 1 is 1.26 bits per heavy atom. The standard InChI is InChI=1S/C18H21BrClN3O4/c1-17(2,3)27-16(26)22-8-6-18(7-9-22)14(24)23(15(25)21-18)11-4-5-13(20)12(19)10-11/h4-5,10H,6-9H2,1-3H3,(H,21,25). The molecule has 1 aromatic carbocycles. The number of amides is 4. The maximum Gasteiger partial charge on any atom is 0.410 e.